The third-order valence-corrected chi connectivity index (χ3v) is 2.40. The Morgan fingerprint density at radius 1 is 1.21 bits per heavy atom. The molecular formula is C11H8F5N3. The quantitative estimate of drug-likeness (QED) is 0.858. The summed E-state index contributed by atoms with van der Waals surface area (Å²) in [6.07, 6.45) is -3.75. The highest BCUT2D eigenvalue weighted by molar-refractivity contribution is 5.28. The lowest BCUT2D eigenvalue weighted by Gasteiger charge is -2.10. The summed E-state index contributed by atoms with van der Waals surface area (Å²) in [5.74, 6) is -3.29. The Bertz CT molecular complexity index is 603. The summed E-state index contributed by atoms with van der Waals surface area (Å²) in [7, 11) is 0. The normalized spacial score (nSPS) is 11.8. The van der Waals surface area contributed by atoms with Crippen molar-refractivity contribution in [3.8, 4) is 0 Å². The predicted octanol–water partition coefficient (Wildman–Crippen LogP) is 2.81. The zero-order valence-electron chi connectivity index (χ0n) is 9.38. The summed E-state index contributed by atoms with van der Waals surface area (Å²) >= 11 is 0. The first-order valence-corrected chi connectivity index (χ1v) is 5.11. The molecule has 8 heteroatoms. The van der Waals surface area contributed by atoms with E-state index >= 15 is 0 Å². The second-order valence-electron chi connectivity index (χ2n) is 3.85. The fraction of sp³-hybridized carbons (Fsp3) is 0.182. The molecule has 0 aliphatic heterocycles. The average Bonchev–Trinajstić information content (AvgIpc) is 2.63. The van der Waals surface area contributed by atoms with Gasteiger partial charge in [0.2, 0.25) is 5.82 Å². The van der Waals surface area contributed by atoms with Gasteiger partial charge in [-0.05, 0) is 6.07 Å². The number of halogens is 5. The van der Waals surface area contributed by atoms with Gasteiger partial charge in [-0.2, -0.15) is 13.2 Å². The van der Waals surface area contributed by atoms with Crippen molar-refractivity contribution >= 4 is 5.82 Å². The second kappa shape index (κ2) is 4.52. The fourth-order valence-electron chi connectivity index (χ4n) is 1.62. The number of rotatable bonds is 2. The van der Waals surface area contributed by atoms with Crippen LogP contribution >= 0.6 is 0 Å². The van der Waals surface area contributed by atoms with Crippen LogP contribution in [0.25, 0.3) is 0 Å². The van der Waals surface area contributed by atoms with Crippen LogP contribution in [0.15, 0.2) is 24.4 Å². The van der Waals surface area contributed by atoms with E-state index in [0.29, 0.717) is 10.6 Å². The summed E-state index contributed by atoms with van der Waals surface area (Å²) in [6.45, 7) is -0.439. The third kappa shape index (κ3) is 2.83. The molecule has 0 atom stereocenters. The van der Waals surface area contributed by atoms with E-state index in [4.69, 9.17) is 5.73 Å². The maximum Gasteiger partial charge on any atom is 0.449 e. The average molecular weight is 277 g/mol. The fourth-order valence-corrected chi connectivity index (χ4v) is 1.62. The van der Waals surface area contributed by atoms with Crippen LogP contribution in [0.1, 0.15) is 11.4 Å². The molecule has 2 aromatic rings. The van der Waals surface area contributed by atoms with Crippen LogP contribution in [0.2, 0.25) is 0 Å². The van der Waals surface area contributed by atoms with Gasteiger partial charge in [0.05, 0.1) is 6.54 Å². The molecule has 102 valence electrons. The molecule has 0 fully saturated rings. The van der Waals surface area contributed by atoms with E-state index in [2.05, 4.69) is 4.98 Å². The molecule has 0 unspecified atom stereocenters. The highest BCUT2D eigenvalue weighted by Crippen LogP contribution is 2.29. The Kier molecular flexibility index (Phi) is 3.17. The summed E-state index contributed by atoms with van der Waals surface area (Å²) in [5, 5.41) is 0. The number of alkyl halides is 3. The first-order valence-electron chi connectivity index (χ1n) is 5.11. The summed E-state index contributed by atoms with van der Waals surface area (Å²) in [6, 6.07) is 2.63. The van der Waals surface area contributed by atoms with Gasteiger partial charge in [-0.25, -0.2) is 13.8 Å². The molecular weight excluding hydrogens is 269 g/mol. The molecule has 19 heavy (non-hydrogen) atoms. The molecule has 0 saturated carbocycles. The van der Waals surface area contributed by atoms with Crippen LogP contribution < -0.4 is 5.73 Å². The van der Waals surface area contributed by atoms with Gasteiger partial charge in [-0.15, -0.1) is 0 Å². The van der Waals surface area contributed by atoms with Crippen LogP contribution in [0.5, 0.6) is 0 Å². The van der Waals surface area contributed by atoms with Crippen molar-refractivity contribution in [1.29, 1.82) is 0 Å². The van der Waals surface area contributed by atoms with Crippen LogP contribution in [0.3, 0.4) is 0 Å². The van der Waals surface area contributed by atoms with Gasteiger partial charge >= 0.3 is 6.18 Å². The zero-order valence-corrected chi connectivity index (χ0v) is 9.38. The lowest BCUT2D eigenvalue weighted by Crippen LogP contribution is -2.15. The van der Waals surface area contributed by atoms with E-state index in [1.165, 1.54) is 0 Å². The van der Waals surface area contributed by atoms with Crippen molar-refractivity contribution in [2.75, 3.05) is 5.73 Å². The minimum absolute atomic E-state index is 0.0932. The molecule has 0 amide bonds. The number of nitrogen functional groups attached to an aromatic ring is 1. The molecule has 1 aromatic carbocycles. The maximum atomic E-state index is 13.4. The van der Waals surface area contributed by atoms with Gasteiger partial charge in [0, 0.05) is 17.8 Å². The number of imidazole rings is 1. The van der Waals surface area contributed by atoms with Crippen LogP contribution in [0, 0.1) is 11.6 Å². The van der Waals surface area contributed by atoms with Crippen LogP contribution in [-0.2, 0) is 12.7 Å². The van der Waals surface area contributed by atoms with Gasteiger partial charge in [0.25, 0.3) is 0 Å². The first kappa shape index (κ1) is 13.3. The van der Waals surface area contributed by atoms with Crippen molar-refractivity contribution in [2.24, 2.45) is 0 Å². The second-order valence-corrected chi connectivity index (χ2v) is 3.85. The number of hydrogen-bond acceptors (Lipinski definition) is 2. The van der Waals surface area contributed by atoms with Crippen molar-refractivity contribution in [2.45, 2.75) is 12.7 Å². The molecule has 2 rings (SSSR count). The lowest BCUT2D eigenvalue weighted by molar-refractivity contribution is -0.147. The van der Waals surface area contributed by atoms with Crippen molar-refractivity contribution in [3.63, 3.8) is 0 Å². The van der Waals surface area contributed by atoms with E-state index in [1.807, 2.05) is 0 Å². The molecule has 1 aromatic heterocycles. The Balaban J connectivity index is 2.38. The molecule has 1 heterocycles. The Morgan fingerprint density at radius 3 is 2.47 bits per heavy atom. The molecule has 0 spiro atoms. The van der Waals surface area contributed by atoms with Gasteiger partial charge in [0.15, 0.2) is 0 Å². The number of anilines is 1. The Morgan fingerprint density at radius 2 is 1.89 bits per heavy atom. The highest BCUT2D eigenvalue weighted by Gasteiger charge is 2.37. The minimum Gasteiger partial charge on any atom is -0.382 e. The molecule has 0 saturated heterocycles. The predicted molar refractivity (Wildman–Crippen MR) is 57.1 cm³/mol. The number of benzene rings is 1. The van der Waals surface area contributed by atoms with Crippen molar-refractivity contribution in [1.82, 2.24) is 9.55 Å². The lowest BCUT2D eigenvalue weighted by atomic mass is 10.2. The Hall–Kier alpha value is -2.12. The number of nitrogens with zero attached hydrogens (tertiary/aromatic N) is 2. The first-order chi connectivity index (χ1) is 8.77. The maximum absolute atomic E-state index is 13.4. The zero-order chi connectivity index (χ0) is 14.2. The molecule has 0 aliphatic rings. The summed E-state index contributed by atoms with van der Waals surface area (Å²) < 4.78 is 64.7. The monoisotopic (exact) mass is 277 g/mol. The molecule has 2 N–H and O–H groups in total. The molecule has 0 bridgehead atoms. The van der Waals surface area contributed by atoms with Crippen molar-refractivity contribution in [3.05, 3.63) is 47.4 Å². The number of hydrogen-bond donors (Lipinski definition) is 1. The van der Waals surface area contributed by atoms with E-state index in [1.54, 1.807) is 0 Å². The van der Waals surface area contributed by atoms with Gasteiger partial charge in [-0.1, -0.05) is 6.07 Å². The van der Waals surface area contributed by atoms with Gasteiger partial charge in [-0.3, -0.25) is 0 Å². The van der Waals surface area contributed by atoms with E-state index in [-0.39, 0.29) is 11.4 Å². The van der Waals surface area contributed by atoms with E-state index in [0.717, 1.165) is 18.3 Å². The minimum atomic E-state index is -4.70. The topological polar surface area (TPSA) is 43.8 Å². The van der Waals surface area contributed by atoms with Crippen LogP contribution in [-0.4, -0.2) is 9.55 Å². The van der Waals surface area contributed by atoms with Crippen LogP contribution in [0.4, 0.5) is 27.8 Å². The molecule has 0 radical (unpaired) electrons. The standard InChI is InChI=1S/C11H8F5N3/c12-7-2-1-6(8(13)3-7)4-19-5-9(17)18-10(19)11(14,15)16/h1-3,5H,4,17H2. The van der Waals surface area contributed by atoms with E-state index < -0.39 is 30.2 Å². The highest BCUT2D eigenvalue weighted by atomic mass is 19.4. The smallest absolute Gasteiger partial charge is 0.382 e. The number of nitrogens with two attached hydrogens (primary N) is 1. The molecule has 3 nitrogen and oxygen atoms in total. The third-order valence-electron chi connectivity index (χ3n) is 2.40. The van der Waals surface area contributed by atoms with Gasteiger partial charge < -0.3 is 10.3 Å². The SMILES string of the molecule is Nc1cn(Cc2ccc(F)cc2F)c(C(F)(F)F)n1. The van der Waals surface area contributed by atoms with E-state index in [9.17, 15) is 22.0 Å². The van der Waals surface area contributed by atoms with Gasteiger partial charge in [0.1, 0.15) is 17.5 Å². The number of aromatic nitrogens is 2. The summed E-state index contributed by atoms with van der Waals surface area (Å²) in [5.41, 5.74) is 5.11. The largest absolute Gasteiger partial charge is 0.449 e. The van der Waals surface area contributed by atoms with Crippen molar-refractivity contribution < 1.29 is 22.0 Å². The summed E-state index contributed by atoms with van der Waals surface area (Å²) in [4.78, 5) is 3.14. The molecule has 0 aliphatic carbocycles. The Labute approximate surface area is 104 Å².